The van der Waals surface area contributed by atoms with Crippen LogP contribution in [0.25, 0.3) is 11.3 Å². The molecule has 0 spiro atoms. The molecule has 0 aliphatic heterocycles. The summed E-state index contributed by atoms with van der Waals surface area (Å²) in [6.45, 7) is 2.81. The van der Waals surface area contributed by atoms with Gasteiger partial charge >= 0.3 is 0 Å². The highest BCUT2D eigenvalue weighted by Crippen LogP contribution is 2.20. The summed E-state index contributed by atoms with van der Waals surface area (Å²) in [4.78, 5) is 10.0. The van der Waals surface area contributed by atoms with Gasteiger partial charge in [0, 0.05) is 23.7 Å². The molecule has 0 aliphatic rings. The van der Waals surface area contributed by atoms with E-state index in [0.717, 1.165) is 34.7 Å². The topological polar surface area (TPSA) is 42.5 Å². The number of nitrogens with zero attached hydrogens (tertiary/aromatic N) is 4. The maximum atomic E-state index is 4.82. The zero-order valence-corrected chi connectivity index (χ0v) is 17.1. The van der Waals surface area contributed by atoms with E-state index >= 15 is 0 Å². The minimum atomic E-state index is 0.719. The van der Waals surface area contributed by atoms with Crippen LogP contribution < -0.4 is 4.80 Å². The molecular formula is C24H22N4S. The van der Waals surface area contributed by atoms with Crippen molar-refractivity contribution in [1.82, 2.24) is 9.66 Å². The number of benzene rings is 2. The van der Waals surface area contributed by atoms with Crippen molar-refractivity contribution in [2.75, 3.05) is 6.54 Å². The molecule has 29 heavy (non-hydrogen) atoms. The Morgan fingerprint density at radius 1 is 0.966 bits per heavy atom. The maximum absolute atomic E-state index is 4.82. The SMILES string of the molecule is Cc1ccc(-c2csc(=NCCc3ccccc3)n2N=Cc2ccccn2)cc1. The van der Waals surface area contributed by atoms with Crippen LogP contribution in [0.5, 0.6) is 0 Å². The second-order valence-electron chi connectivity index (χ2n) is 6.70. The summed E-state index contributed by atoms with van der Waals surface area (Å²) in [7, 11) is 0. The minimum Gasteiger partial charge on any atom is -0.257 e. The summed E-state index contributed by atoms with van der Waals surface area (Å²) in [5.74, 6) is 0. The smallest absolute Gasteiger partial charge is 0.206 e. The third kappa shape index (κ3) is 4.95. The van der Waals surface area contributed by atoms with Crippen LogP contribution in [0.4, 0.5) is 0 Å². The van der Waals surface area contributed by atoms with Crippen LogP contribution in [0.3, 0.4) is 0 Å². The van der Waals surface area contributed by atoms with E-state index in [2.05, 4.69) is 65.8 Å². The van der Waals surface area contributed by atoms with Crippen LogP contribution in [0, 0.1) is 6.92 Å². The van der Waals surface area contributed by atoms with Crippen LogP contribution in [-0.4, -0.2) is 22.4 Å². The van der Waals surface area contributed by atoms with Gasteiger partial charge in [-0.15, -0.1) is 11.3 Å². The number of aryl methyl sites for hydroxylation is 1. The van der Waals surface area contributed by atoms with Crippen molar-refractivity contribution < 1.29 is 0 Å². The first-order chi connectivity index (χ1) is 14.3. The van der Waals surface area contributed by atoms with E-state index in [1.54, 1.807) is 23.7 Å². The van der Waals surface area contributed by atoms with Crippen LogP contribution >= 0.6 is 11.3 Å². The van der Waals surface area contributed by atoms with E-state index in [1.807, 2.05) is 28.9 Å². The van der Waals surface area contributed by atoms with Crippen LogP contribution in [0.15, 0.2) is 94.5 Å². The van der Waals surface area contributed by atoms with E-state index < -0.39 is 0 Å². The first-order valence-electron chi connectivity index (χ1n) is 9.57. The molecule has 2 aromatic carbocycles. The Kier molecular flexibility index (Phi) is 6.07. The zero-order chi connectivity index (χ0) is 19.9. The Morgan fingerprint density at radius 3 is 2.52 bits per heavy atom. The summed E-state index contributed by atoms with van der Waals surface area (Å²) < 4.78 is 1.91. The van der Waals surface area contributed by atoms with E-state index in [4.69, 9.17) is 10.1 Å². The first kappa shape index (κ1) is 19.0. The van der Waals surface area contributed by atoms with Gasteiger partial charge in [0.05, 0.1) is 17.6 Å². The van der Waals surface area contributed by atoms with Crippen LogP contribution in [0.1, 0.15) is 16.8 Å². The summed E-state index contributed by atoms with van der Waals surface area (Å²) in [5, 5.41) is 6.82. The van der Waals surface area contributed by atoms with Gasteiger partial charge in [0.25, 0.3) is 0 Å². The van der Waals surface area contributed by atoms with E-state index in [1.165, 1.54) is 11.1 Å². The molecule has 0 saturated carbocycles. The van der Waals surface area contributed by atoms with Crippen molar-refractivity contribution in [1.29, 1.82) is 0 Å². The largest absolute Gasteiger partial charge is 0.257 e. The lowest BCUT2D eigenvalue weighted by atomic mass is 10.1. The Labute approximate surface area is 174 Å². The number of hydrogen-bond acceptors (Lipinski definition) is 4. The molecule has 0 N–H and O–H groups in total. The van der Waals surface area contributed by atoms with Gasteiger partial charge in [0.2, 0.25) is 4.80 Å². The van der Waals surface area contributed by atoms with Gasteiger partial charge < -0.3 is 0 Å². The number of rotatable bonds is 6. The van der Waals surface area contributed by atoms with Gasteiger partial charge in [0.15, 0.2) is 0 Å². The van der Waals surface area contributed by atoms with Crippen molar-refractivity contribution >= 4 is 17.6 Å². The Bertz CT molecular complexity index is 1140. The normalized spacial score (nSPS) is 12.0. The predicted octanol–water partition coefficient (Wildman–Crippen LogP) is 4.95. The summed E-state index contributed by atoms with van der Waals surface area (Å²) in [6.07, 6.45) is 4.45. The minimum absolute atomic E-state index is 0.719. The molecule has 4 rings (SSSR count). The molecule has 0 atom stereocenters. The molecule has 0 bridgehead atoms. The Hall–Kier alpha value is -3.31. The monoisotopic (exact) mass is 398 g/mol. The molecule has 4 aromatic rings. The third-order valence-electron chi connectivity index (χ3n) is 4.52. The number of aromatic nitrogens is 2. The summed E-state index contributed by atoms with van der Waals surface area (Å²) in [6, 6.07) is 24.7. The lowest BCUT2D eigenvalue weighted by Crippen LogP contribution is -2.13. The fourth-order valence-electron chi connectivity index (χ4n) is 2.94. The van der Waals surface area contributed by atoms with Crippen molar-refractivity contribution in [3.8, 4) is 11.3 Å². The summed E-state index contributed by atoms with van der Waals surface area (Å²) in [5.41, 5.74) is 5.49. The molecule has 144 valence electrons. The molecule has 0 saturated heterocycles. The molecule has 2 aromatic heterocycles. The van der Waals surface area contributed by atoms with Gasteiger partial charge in [-0.25, -0.2) is 4.68 Å². The highest BCUT2D eigenvalue weighted by molar-refractivity contribution is 7.07. The van der Waals surface area contributed by atoms with Gasteiger partial charge in [-0.05, 0) is 31.0 Å². The lowest BCUT2D eigenvalue weighted by molar-refractivity contribution is 0.816. The van der Waals surface area contributed by atoms with Crippen LogP contribution in [-0.2, 0) is 6.42 Å². The second kappa shape index (κ2) is 9.26. The van der Waals surface area contributed by atoms with Gasteiger partial charge in [-0.1, -0.05) is 66.2 Å². The second-order valence-corrected chi connectivity index (χ2v) is 7.53. The van der Waals surface area contributed by atoms with Gasteiger partial charge in [0.1, 0.15) is 0 Å². The third-order valence-corrected chi connectivity index (χ3v) is 5.37. The maximum Gasteiger partial charge on any atom is 0.206 e. The molecule has 2 heterocycles. The molecule has 0 fully saturated rings. The van der Waals surface area contributed by atoms with E-state index in [9.17, 15) is 0 Å². The van der Waals surface area contributed by atoms with Crippen molar-refractivity contribution in [3.05, 3.63) is 106 Å². The van der Waals surface area contributed by atoms with E-state index in [-0.39, 0.29) is 0 Å². The first-order valence-corrected chi connectivity index (χ1v) is 10.4. The van der Waals surface area contributed by atoms with Gasteiger partial charge in [-0.2, -0.15) is 5.10 Å². The fraction of sp³-hybridized carbons (Fsp3) is 0.125. The lowest BCUT2D eigenvalue weighted by Gasteiger charge is -2.04. The number of thiazole rings is 1. The average Bonchev–Trinajstić information content (AvgIpc) is 3.17. The molecule has 0 radical (unpaired) electrons. The molecule has 0 amide bonds. The highest BCUT2D eigenvalue weighted by Gasteiger charge is 2.07. The molecule has 4 nitrogen and oxygen atoms in total. The molecule has 0 unspecified atom stereocenters. The van der Waals surface area contributed by atoms with Crippen molar-refractivity contribution in [2.45, 2.75) is 13.3 Å². The number of hydrogen-bond donors (Lipinski definition) is 0. The number of pyridine rings is 1. The quantitative estimate of drug-likeness (QED) is 0.424. The van der Waals surface area contributed by atoms with Crippen molar-refractivity contribution in [2.24, 2.45) is 10.1 Å². The molecule has 5 heteroatoms. The van der Waals surface area contributed by atoms with Crippen LogP contribution in [0.2, 0.25) is 0 Å². The predicted molar refractivity (Wildman–Crippen MR) is 120 cm³/mol. The fourth-order valence-corrected chi connectivity index (χ4v) is 3.80. The zero-order valence-electron chi connectivity index (χ0n) is 16.3. The molecular weight excluding hydrogens is 376 g/mol. The molecule has 0 aliphatic carbocycles. The Balaban J connectivity index is 1.67. The average molecular weight is 399 g/mol. The standard InChI is InChI=1S/C24H22N4S/c1-19-10-12-21(13-11-19)23-18-29-24(26-16-14-20-7-3-2-4-8-20)28(23)27-17-22-9-5-6-15-25-22/h2-13,15,17-18H,14,16H2,1H3. The Morgan fingerprint density at radius 2 is 1.76 bits per heavy atom. The highest BCUT2D eigenvalue weighted by atomic mass is 32.1. The summed E-state index contributed by atoms with van der Waals surface area (Å²) >= 11 is 1.61. The van der Waals surface area contributed by atoms with E-state index in [0.29, 0.717) is 0 Å². The van der Waals surface area contributed by atoms with Gasteiger partial charge in [-0.3, -0.25) is 9.98 Å². The van der Waals surface area contributed by atoms with Crippen molar-refractivity contribution in [3.63, 3.8) is 0 Å².